The van der Waals surface area contributed by atoms with Crippen molar-refractivity contribution in [2.75, 3.05) is 38.2 Å². The van der Waals surface area contributed by atoms with E-state index in [1.54, 1.807) is 0 Å². The molecule has 1 aliphatic carbocycles. The van der Waals surface area contributed by atoms with E-state index in [-0.39, 0.29) is 6.04 Å². The average molecular weight is 508 g/mol. The SMILES string of the molecule is N#Cc1c(F)ccc(-c2cc(C(F)(F)F)c(N[C@H]3C[C@@H]4CN(CC5CCOCC5)C[C@@H]4C3)nn2)c1F. The van der Waals surface area contributed by atoms with Crippen molar-refractivity contribution < 1.29 is 26.7 Å². The molecule has 1 N–H and O–H groups in total. The van der Waals surface area contributed by atoms with Crippen LogP contribution >= 0.6 is 0 Å². The minimum atomic E-state index is -4.77. The zero-order valence-corrected chi connectivity index (χ0v) is 19.5. The molecule has 0 unspecified atom stereocenters. The van der Waals surface area contributed by atoms with Crippen molar-refractivity contribution in [3.05, 3.63) is 41.0 Å². The molecule has 0 spiro atoms. The number of aromatic nitrogens is 2. The molecule has 3 fully saturated rings. The topological polar surface area (TPSA) is 74.1 Å². The van der Waals surface area contributed by atoms with E-state index in [1.807, 2.05) is 0 Å². The standard InChI is InChI=1S/C25H26F5N5O/c26-21-2-1-18(23(27)19(21)10-31)22-9-20(25(28,29)30)24(34-33-22)32-17-7-15-12-35(13-16(15)8-17)11-14-3-5-36-6-4-14/h1-2,9,14-17H,3-8,11-13H2,(H,32,34)/t15-,16+,17+. The Kier molecular flexibility index (Phi) is 6.83. The monoisotopic (exact) mass is 507 g/mol. The van der Waals surface area contributed by atoms with Gasteiger partial charge in [-0.25, -0.2) is 8.78 Å². The number of halogens is 5. The summed E-state index contributed by atoms with van der Waals surface area (Å²) in [5, 5.41) is 19.4. The van der Waals surface area contributed by atoms with Gasteiger partial charge >= 0.3 is 6.18 Å². The average Bonchev–Trinajstić information content (AvgIpc) is 3.38. The van der Waals surface area contributed by atoms with Gasteiger partial charge < -0.3 is 15.0 Å². The maximum atomic E-state index is 14.5. The third kappa shape index (κ3) is 5.02. The van der Waals surface area contributed by atoms with Gasteiger partial charge in [-0.2, -0.15) is 18.4 Å². The van der Waals surface area contributed by atoms with Crippen molar-refractivity contribution in [2.24, 2.45) is 17.8 Å². The first-order chi connectivity index (χ1) is 17.2. The van der Waals surface area contributed by atoms with E-state index in [0.717, 1.165) is 70.7 Å². The molecule has 2 saturated heterocycles. The fraction of sp³-hybridized carbons (Fsp3) is 0.560. The van der Waals surface area contributed by atoms with Crippen LogP contribution in [0.25, 0.3) is 11.3 Å². The fourth-order valence-corrected chi connectivity index (χ4v) is 5.85. The number of ether oxygens (including phenoxy) is 1. The summed E-state index contributed by atoms with van der Waals surface area (Å²) in [7, 11) is 0. The summed E-state index contributed by atoms with van der Waals surface area (Å²) in [6.07, 6.45) is -1.13. The maximum Gasteiger partial charge on any atom is 0.420 e. The van der Waals surface area contributed by atoms with Crippen LogP contribution in [0.4, 0.5) is 27.8 Å². The van der Waals surface area contributed by atoms with Crippen LogP contribution in [0.5, 0.6) is 0 Å². The van der Waals surface area contributed by atoms with Crippen LogP contribution in [0.1, 0.15) is 36.8 Å². The molecule has 0 bridgehead atoms. The normalized spacial score (nSPS) is 25.1. The van der Waals surface area contributed by atoms with Crippen LogP contribution in [-0.2, 0) is 10.9 Å². The highest BCUT2D eigenvalue weighted by Gasteiger charge is 2.43. The van der Waals surface area contributed by atoms with Gasteiger partial charge in [-0.3, -0.25) is 0 Å². The Hall–Kier alpha value is -2.84. The van der Waals surface area contributed by atoms with Crippen molar-refractivity contribution in [1.29, 1.82) is 5.26 Å². The minimum absolute atomic E-state index is 0.167. The molecule has 1 aromatic carbocycles. The molecular weight excluding hydrogens is 481 g/mol. The van der Waals surface area contributed by atoms with Gasteiger partial charge in [0.25, 0.3) is 0 Å². The second-order valence-corrected chi connectivity index (χ2v) is 9.99. The largest absolute Gasteiger partial charge is 0.420 e. The fourth-order valence-electron chi connectivity index (χ4n) is 5.85. The van der Waals surface area contributed by atoms with Crippen LogP contribution in [0.15, 0.2) is 18.2 Å². The second kappa shape index (κ2) is 9.90. The molecule has 192 valence electrons. The quantitative estimate of drug-likeness (QED) is 0.583. The lowest BCUT2D eigenvalue weighted by Gasteiger charge is -2.28. The molecule has 3 heterocycles. The zero-order chi connectivity index (χ0) is 25.4. The minimum Gasteiger partial charge on any atom is -0.381 e. The number of hydrogen-bond donors (Lipinski definition) is 1. The van der Waals surface area contributed by atoms with E-state index < -0.39 is 46.0 Å². The summed E-state index contributed by atoms with van der Waals surface area (Å²) in [5.41, 5.74) is -2.80. The Labute approximate surface area is 205 Å². The number of nitrogens with zero attached hydrogens (tertiary/aromatic N) is 4. The number of alkyl halides is 3. The molecule has 1 saturated carbocycles. The van der Waals surface area contributed by atoms with Crippen molar-refractivity contribution in [3.8, 4) is 17.3 Å². The van der Waals surface area contributed by atoms with Crippen LogP contribution in [-0.4, -0.2) is 54.0 Å². The summed E-state index contributed by atoms with van der Waals surface area (Å²) in [5.74, 6) is -1.29. The molecule has 0 radical (unpaired) electrons. The number of nitriles is 1. The predicted molar refractivity (Wildman–Crippen MR) is 121 cm³/mol. The molecule has 3 atom stereocenters. The molecule has 6 nitrogen and oxygen atoms in total. The van der Waals surface area contributed by atoms with Gasteiger partial charge in [-0.05, 0) is 61.6 Å². The Morgan fingerprint density at radius 3 is 2.42 bits per heavy atom. The second-order valence-electron chi connectivity index (χ2n) is 9.99. The third-order valence-corrected chi connectivity index (χ3v) is 7.60. The van der Waals surface area contributed by atoms with E-state index in [0.29, 0.717) is 23.8 Å². The van der Waals surface area contributed by atoms with Crippen molar-refractivity contribution >= 4 is 5.82 Å². The molecule has 36 heavy (non-hydrogen) atoms. The number of benzene rings is 1. The number of nitrogens with one attached hydrogen (secondary N) is 1. The number of rotatable bonds is 5. The van der Waals surface area contributed by atoms with E-state index >= 15 is 0 Å². The molecule has 5 rings (SSSR count). The van der Waals surface area contributed by atoms with Gasteiger partial charge in [0.05, 0.1) is 5.69 Å². The molecule has 2 aromatic rings. The van der Waals surface area contributed by atoms with Gasteiger partial charge in [-0.15, -0.1) is 10.2 Å². The first kappa shape index (κ1) is 24.8. The Bertz CT molecular complexity index is 1150. The molecular formula is C25H26F5N5O. The van der Waals surface area contributed by atoms with Crippen LogP contribution in [0.2, 0.25) is 0 Å². The molecule has 1 aromatic heterocycles. The molecule has 11 heteroatoms. The van der Waals surface area contributed by atoms with Crippen molar-refractivity contribution in [2.45, 2.75) is 37.9 Å². The number of likely N-dealkylation sites (tertiary alicyclic amines) is 1. The first-order valence-corrected chi connectivity index (χ1v) is 12.1. The Balaban J connectivity index is 1.29. The van der Waals surface area contributed by atoms with Crippen molar-refractivity contribution in [1.82, 2.24) is 15.1 Å². The summed E-state index contributed by atoms with van der Waals surface area (Å²) in [6.45, 7) is 4.56. The van der Waals surface area contributed by atoms with Gasteiger partial charge in [-0.1, -0.05) is 0 Å². The van der Waals surface area contributed by atoms with Crippen LogP contribution < -0.4 is 5.32 Å². The number of anilines is 1. The van der Waals surface area contributed by atoms with E-state index in [4.69, 9.17) is 10.00 Å². The van der Waals surface area contributed by atoms with Gasteiger partial charge in [0, 0.05) is 44.5 Å². The highest BCUT2D eigenvalue weighted by Crippen LogP contribution is 2.42. The number of fused-ring (bicyclic) bond motifs is 1. The summed E-state index contributed by atoms with van der Waals surface area (Å²) in [6, 6.07) is 3.68. The highest BCUT2D eigenvalue weighted by atomic mass is 19.4. The first-order valence-electron chi connectivity index (χ1n) is 12.1. The summed E-state index contributed by atoms with van der Waals surface area (Å²) < 4.78 is 75.3. The molecule has 2 aliphatic heterocycles. The molecule has 0 amide bonds. The molecule has 3 aliphatic rings. The summed E-state index contributed by atoms with van der Waals surface area (Å²) >= 11 is 0. The van der Waals surface area contributed by atoms with Gasteiger partial charge in [0.1, 0.15) is 23.0 Å². The van der Waals surface area contributed by atoms with Crippen LogP contribution in [0.3, 0.4) is 0 Å². The lowest BCUT2D eigenvalue weighted by Crippen LogP contribution is -2.32. The van der Waals surface area contributed by atoms with E-state index in [2.05, 4.69) is 20.4 Å². The smallest absolute Gasteiger partial charge is 0.381 e. The lowest BCUT2D eigenvalue weighted by atomic mass is 10.00. The highest BCUT2D eigenvalue weighted by molar-refractivity contribution is 5.65. The summed E-state index contributed by atoms with van der Waals surface area (Å²) in [4.78, 5) is 2.48. The zero-order valence-electron chi connectivity index (χ0n) is 19.5. The van der Waals surface area contributed by atoms with E-state index in [1.165, 1.54) is 6.07 Å². The Morgan fingerprint density at radius 2 is 1.78 bits per heavy atom. The Morgan fingerprint density at radius 1 is 1.08 bits per heavy atom. The van der Waals surface area contributed by atoms with Crippen LogP contribution in [0, 0.1) is 40.7 Å². The third-order valence-electron chi connectivity index (χ3n) is 7.60. The van der Waals surface area contributed by atoms with Gasteiger partial charge in [0.2, 0.25) is 0 Å². The predicted octanol–water partition coefficient (Wildman–Crippen LogP) is 4.86. The maximum absolute atomic E-state index is 14.5. The van der Waals surface area contributed by atoms with E-state index in [9.17, 15) is 22.0 Å². The lowest BCUT2D eigenvalue weighted by molar-refractivity contribution is -0.137. The number of hydrogen-bond acceptors (Lipinski definition) is 6. The van der Waals surface area contributed by atoms with Gasteiger partial charge in [0.15, 0.2) is 11.6 Å². The van der Waals surface area contributed by atoms with Crippen molar-refractivity contribution in [3.63, 3.8) is 0 Å².